The molecule has 0 amide bonds. The van der Waals surface area contributed by atoms with Crippen molar-refractivity contribution < 1.29 is 18.0 Å². The zero-order chi connectivity index (χ0) is 18.2. The van der Waals surface area contributed by atoms with Gasteiger partial charge in [-0.05, 0) is 49.3 Å². The molecule has 3 rings (SSSR count). The smallest absolute Gasteiger partial charge is 0.304 e. The van der Waals surface area contributed by atoms with Crippen molar-refractivity contribution in [2.75, 3.05) is 0 Å². The summed E-state index contributed by atoms with van der Waals surface area (Å²) in [5.41, 5.74) is -0.409. The Kier molecular flexibility index (Phi) is 4.97. The summed E-state index contributed by atoms with van der Waals surface area (Å²) in [7, 11) is 0. The summed E-state index contributed by atoms with van der Waals surface area (Å²) in [6, 6.07) is 4.19. The highest BCUT2D eigenvalue weighted by atomic mass is 35.5. The molecule has 3 atom stereocenters. The maximum absolute atomic E-state index is 12.9. The predicted octanol–water partition coefficient (Wildman–Crippen LogP) is 4.58. The molecule has 0 N–H and O–H groups in total. The minimum atomic E-state index is -4.50. The molecular weight excluding hydrogens is 353 g/mol. The van der Waals surface area contributed by atoms with Gasteiger partial charge in [0.05, 0.1) is 10.6 Å². The summed E-state index contributed by atoms with van der Waals surface area (Å²) < 4.78 is 38.6. The normalized spacial score (nSPS) is 25.2. The first-order chi connectivity index (χ1) is 11.8. The Morgan fingerprint density at radius 1 is 1.36 bits per heavy atom. The van der Waals surface area contributed by atoms with Crippen LogP contribution < -0.4 is 0 Å². The van der Waals surface area contributed by atoms with Gasteiger partial charge in [-0.2, -0.15) is 18.4 Å². The lowest BCUT2D eigenvalue weighted by Crippen LogP contribution is -2.26. The van der Waals surface area contributed by atoms with E-state index < -0.39 is 11.7 Å². The maximum Gasteiger partial charge on any atom is 0.417 e. The fourth-order valence-corrected chi connectivity index (χ4v) is 4.34. The number of alkyl halides is 3. The molecule has 7 heteroatoms. The molecule has 1 aromatic carbocycles. The minimum Gasteiger partial charge on any atom is -0.304 e. The molecular formula is C18H18ClF3N2O. The summed E-state index contributed by atoms with van der Waals surface area (Å²) in [6.07, 6.45) is 1.41. The van der Waals surface area contributed by atoms with Gasteiger partial charge in [0.1, 0.15) is 5.78 Å². The largest absolute Gasteiger partial charge is 0.417 e. The highest BCUT2D eigenvalue weighted by Gasteiger charge is 2.46. The van der Waals surface area contributed by atoms with Crippen molar-refractivity contribution >= 4 is 17.4 Å². The maximum atomic E-state index is 12.9. The van der Waals surface area contributed by atoms with Crippen molar-refractivity contribution in [2.45, 2.75) is 56.8 Å². The molecule has 25 heavy (non-hydrogen) atoms. The van der Waals surface area contributed by atoms with Crippen LogP contribution in [0, 0.1) is 17.4 Å². The summed E-state index contributed by atoms with van der Waals surface area (Å²) in [5.74, 6) is 0.237. The van der Waals surface area contributed by atoms with Crippen LogP contribution in [-0.4, -0.2) is 22.8 Å². The summed E-state index contributed by atoms with van der Waals surface area (Å²) in [5, 5.41) is 8.82. The van der Waals surface area contributed by atoms with Gasteiger partial charge in [-0.25, -0.2) is 0 Å². The van der Waals surface area contributed by atoms with Gasteiger partial charge in [-0.3, -0.25) is 4.79 Å². The number of aryl methyl sites for hydroxylation is 1. The molecule has 1 aromatic rings. The molecule has 3 nitrogen and oxygen atoms in total. The van der Waals surface area contributed by atoms with E-state index in [0.717, 1.165) is 25.3 Å². The first kappa shape index (κ1) is 18.1. The molecule has 0 aliphatic carbocycles. The lowest BCUT2D eigenvalue weighted by molar-refractivity contribution is -0.137. The fraction of sp³-hybridized carbons (Fsp3) is 0.556. The van der Waals surface area contributed by atoms with E-state index in [2.05, 4.69) is 6.19 Å². The lowest BCUT2D eigenvalue weighted by Gasteiger charge is -2.19. The third-order valence-corrected chi connectivity index (χ3v) is 5.63. The van der Waals surface area contributed by atoms with Gasteiger partial charge in [0, 0.05) is 24.9 Å². The lowest BCUT2D eigenvalue weighted by atomic mass is 9.85. The Balaban J connectivity index is 1.56. The second kappa shape index (κ2) is 6.87. The number of Topliss-reactive ketones (excluding diaryl/α,β-unsaturated/α-hetero) is 1. The summed E-state index contributed by atoms with van der Waals surface area (Å²) in [6.45, 7) is 0. The third kappa shape index (κ3) is 3.77. The fourth-order valence-electron chi connectivity index (χ4n) is 4.11. The molecule has 0 saturated carbocycles. The zero-order valence-corrected chi connectivity index (χ0v) is 14.3. The molecule has 2 heterocycles. The molecule has 2 aliphatic rings. The van der Waals surface area contributed by atoms with Crippen LogP contribution in [0.15, 0.2) is 18.2 Å². The first-order valence-electron chi connectivity index (χ1n) is 8.35. The Hall–Kier alpha value is -1.74. The highest BCUT2D eigenvalue weighted by molar-refractivity contribution is 6.31. The van der Waals surface area contributed by atoms with Gasteiger partial charge in [0.25, 0.3) is 0 Å². The molecule has 2 fully saturated rings. The molecule has 0 radical (unpaired) electrons. The van der Waals surface area contributed by atoms with Crippen molar-refractivity contribution in [1.29, 1.82) is 5.26 Å². The summed E-state index contributed by atoms with van der Waals surface area (Å²) >= 11 is 5.60. The number of fused-ring (bicyclic) bond motifs is 2. The van der Waals surface area contributed by atoms with Gasteiger partial charge >= 0.3 is 6.18 Å². The van der Waals surface area contributed by atoms with E-state index in [1.54, 1.807) is 0 Å². The zero-order valence-electron chi connectivity index (χ0n) is 13.5. The van der Waals surface area contributed by atoms with E-state index in [9.17, 15) is 18.0 Å². The van der Waals surface area contributed by atoms with Crippen LogP contribution >= 0.6 is 11.6 Å². The number of benzene rings is 1. The standard InChI is InChI=1S/C18H18ClF3N2O/c19-16-5-2-11(7-15(16)18(20,21)22)1-4-14(25)9-12-8-13-3-6-17(12)24(13)10-23/h2,5,7,12-13,17H,1,3-4,6,8-9H2/t12-,13-,17+/m0/s1. The summed E-state index contributed by atoms with van der Waals surface area (Å²) in [4.78, 5) is 14.1. The van der Waals surface area contributed by atoms with E-state index >= 15 is 0 Å². The van der Waals surface area contributed by atoms with Crippen LogP contribution in [-0.2, 0) is 17.4 Å². The SMILES string of the molecule is N#CN1[C@H]2CC[C@@H]1[C@H](CC(=O)CCc1ccc(Cl)c(C(F)(F)F)c1)C2. The number of hydrogen-bond acceptors (Lipinski definition) is 3. The van der Waals surface area contributed by atoms with Crippen molar-refractivity contribution in [3.8, 4) is 6.19 Å². The van der Waals surface area contributed by atoms with Crippen LogP contribution in [0.4, 0.5) is 13.2 Å². The second-order valence-electron chi connectivity index (χ2n) is 6.86. The van der Waals surface area contributed by atoms with Crippen LogP contribution in [0.3, 0.4) is 0 Å². The van der Waals surface area contributed by atoms with Crippen molar-refractivity contribution in [3.63, 3.8) is 0 Å². The van der Waals surface area contributed by atoms with E-state index in [1.807, 2.05) is 4.90 Å². The molecule has 0 spiro atoms. The number of carbonyl (C=O) groups excluding carboxylic acids is 1. The number of halogens is 4. The number of hydrogen-bond donors (Lipinski definition) is 0. The predicted molar refractivity (Wildman–Crippen MR) is 86.8 cm³/mol. The quantitative estimate of drug-likeness (QED) is 0.712. The first-order valence-corrected chi connectivity index (χ1v) is 8.72. The van der Waals surface area contributed by atoms with Gasteiger partial charge in [-0.15, -0.1) is 0 Å². The van der Waals surface area contributed by atoms with Gasteiger partial charge in [0.2, 0.25) is 0 Å². The van der Waals surface area contributed by atoms with Crippen LogP contribution in [0.2, 0.25) is 5.02 Å². The Bertz CT molecular complexity index is 713. The number of nitrogens with zero attached hydrogens (tertiary/aromatic N) is 2. The van der Waals surface area contributed by atoms with Crippen LogP contribution in [0.25, 0.3) is 0 Å². The molecule has 2 aliphatic heterocycles. The Morgan fingerprint density at radius 2 is 2.12 bits per heavy atom. The van der Waals surface area contributed by atoms with Crippen molar-refractivity contribution in [1.82, 2.24) is 4.90 Å². The van der Waals surface area contributed by atoms with Gasteiger partial charge in [0.15, 0.2) is 6.19 Å². The Labute approximate surface area is 149 Å². The molecule has 0 unspecified atom stereocenters. The number of carbonyl (C=O) groups is 1. The van der Waals surface area contributed by atoms with Crippen molar-refractivity contribution in [2.24, 2.45) is 5.92 Å². The number of ketones is 1. The number of rotatable bonds is 5. The molecule has 0 aromatic heterocycles. The second-order valence-corrected chi connectivity index (χ2v) is 7.26. The highest BCUT2D eigenvalue weighted by Crippen LogP contribution is 2.42. The third-order valence-electron chi connectivity index (χ3n) is 5.30. The van der Waals surface area contributed by atoms with Gasteiger partial charge < -0.3 is 4.90 Å². The van der Waals surface area contributed by atoms with E-state index in [1.165, 1.54) is 12.1 Å². The monoisotopic (exact) mass is 370 g/mol. The van der Waals surface area contributed by atoms with Crippen LogP contribution in [0.1, 0.15) is 43.2 Å². The topological polar surface area (TPSA) is 44.1 Å². The van der Waals surface area contributed by atoms with E-state index in [0.29, 0.717) is 12.0 Å². The molecule has 2 bridgehead atoms. The number of nitriles is 1. The minimum absolute atomic E-state index is 0.0407. The average Bonchev–Trinajstić information content (AvgIpc) is 3.09. The molecule has 2 saturated heterocycles. The Morgan fingerprint density at radius 3 is 2.76 bits per heavy atom. The molecule has 134 valence electrons. The van der Waals surface area contributed by atoms with E-state index in [-0.39, 0.29) is 41.6 Å². The van der Waals surface area contributed by atoms with E-state index in [4.69, 9.17) is 16.9 Å². The average molecular weight is 371 g/mol. The van der Waals surface area contributed by atoms with Gasteiger partial charge in [-0.1, -0.05) is 17.7 Å². The van der Waals surface area contributed by atoms with Crippen LogP contribution in [0.5, 0.6) is 0 Å². The van der Waals surface area contributed by atoms with Crippen molar-refractivity contribution in [3.05, 3.63) is 34.3 Å².